The Morgan fingerprint density at radius 3 is 2.67 bits per heavy atom. The third kappa shape index (κ3) is 4.66. The lowest BCUT2D eigenvalue weighted by atomic mass is 9.94. The molecule has 1 nitrogen and oxygen atoms in total. The highest BCUT2D eigenvalue weighted by Crippen LogP contribution is 2.23. The van der Waals surface area contributed by atoms with Crippen molar-refractivity contribution >= 4 is 5.57 Å². The SMILES string of the molecule is C=C(CC)c1ccc(C)cc1CCCCCNC. The van der Waals surface area contributed by atoms with Crippen LogP contribution in [0.25, 0.3) is 5.57 Å². The normalized spacial score (nSPS) is 10.6. The maximum Gasteiger partial charge on any atom is -0.00519 e. The lowest BCUT2D eigenvalue weighted by Gasteiger charge is -2.12. The standard InChI is InChI=1S/C17H27N/c1-5-15(3)17-11-10-14(2)13-16(17)9-7-6-8-12-18-4/h10-11,13,18H,3,5-9,12H2,1-2,4H3. The first kappa shape index (κ1) is 15.0. The van der Waals surface area contributed by atoms with E-state index in [1.807, 2.05) is 7.05 Å². The summed E-state index contributed by atoms with van der Waals surface area (Å²) in [5, 5.41) is 3.20. The van der Waals surface area contributed by atoms with Crippen LogP contribution in [-0.2, 0) is 6.42 Å². The molecular formula is C17H27N. The molecule has 0 unspecified atom stereocenters. The molecule has 1 rings (SSSR count). The van der Waals surface area contributed by atoms with Crippen molar-refractivity contribution in [2.45, 2.75) is 46.0 Å². The maximum atomic E-state index is 4.18. The minimum atomic E-state index is 1.04. The largest absolute Gasteiger partial charge is 0.320 e. The highest BCUT2D eigenvalue weighted by molar-refractivity contribution is 5.66. The second kappa shape index (κ2) is 8.10. The van der Waals surface area contributed by atoms with E-state index in [1.54, 1.807) is 0 Å². The summed E-state index contributed by atoms with van der Waals surface area (Å²) >= 11 is 0. The number of allylic oxidation sites excluding steroid dienone is 1. The zero-order valence-electron chi connectivity index (χ0n) is 12.2. The summed E-state index contributed by atoms with van der Waals surface area (Å²) in [6, 6.07) is 6.76. The van der Waals surface area contributed by atoms with E-state index in [-0.39, 0.29) is 0 Å². The molecule has 0 aromatic heterocycles. The van der Waals surface area contributed by atoms with Crippen LogP contribution < -0.4 is 5.32 Å². The van der Waals surface area contributed by atoms with E-state index in [2.05, 4.69) is 43.9 Å². The van der Waals surface area contributed by atoms with Gasteiger partial charge in [-0.1, -0.05) is 43.7 Å². The Balaban J connectivity index is 2.62. The Hall–Kier alpha value is -1.08. The highest BCUT2D eigenvalue weighted by Gasteiger charge is 2.05. The van der Waals surface area contributed by atoms with Crippen molar-refractivity contribution < 1.29 is 0 Å². The van der Waals surface area contributed by atoms with Gasteiger partial charge in [0.2, 0.25) is 0 Å². The number of hydrogen-bond donors (Lipinski definition) is 1. The van der Waals surface area contributed by atoms with Gasteiger partial charge in [-0.2, -0.15) is 0 Å². The lowest BCUT2D eigenvalue weighted by molar-refractivity contribution is 0.642. The summed E-state index contributed by atoms with van der Waals surface area (Å²) in [7, 11) is 2.02. The lowest BCUT2D eigenvalue weighted by Crippen LogP contribution is -2.07. The third-order valence-electron chi connectivity index (χ3n) is 3.44. The molecule has 0 saturated heterocycles. The number of hydrogen-bond acceptors (Lipinski definition) is 1. The van der Waals surface area contributed by atoms with Gasteiger partial charge >= 0.3 is 0 Å². The van der Waals surface area contributed by atoms with Crippen LogP contribution >= 0.6 is 0 Å². The monoisotopic (exact) mass is 245 g/mol. The van der Waals surface area contributed by atoms with E-state index >= 15 is 0 Å². The molecule has 0 radical (unpaired) electrons. The van der Waals surface area contributed by atoms with Gasteiger partial charge in [0.1, 0.15) is 0 Å². The minimum absolute atomic E-state index is 1.04. The first-order valence-electron chi connectivity index (χ1n) is 7.11. The van der Waals surface area contributed by atoms with Gasteiger partial charge in [0, 0.05) is 0 Å². The van der Waals surface area contributed by atoms with Gasteiger partial charge in [-0.25, -0.2) is 0 Å². The molecule has 0 heterocycles. The Kier molecular flexibility index (Phi) is 6.74. The fourth-order valence-corrected chi connectivity index (χ4v) is 2.26. The van der Waals surface area contributed by atoms with Gasteiger partial charge in [0.15, 0.2) is 0 Å². The molecule has 0 fully saturated rings. The Morgan fingerprint density at radius 2 is 2.00 bits per heavy atom. The van der Waals surface area contributed by atoms with Gasteiger partial charge in [-0.15, -0.1) is 0 Å². The average molecular weight is 245 g/mol. The van der Waals surface area contributed by atoms with Crippen LogP contribution in [0.15, 0.2) is 24.8 Å². The van der Waals surface area contributed by atoms with Crippen molar-refractivity contribution in [1.82, 2.24) is 5.32 Å². The van der Waals surface area contributed by atoms with Gasteiger partial charge in [0.05, 0.1) is 0 Å². The number of rotatable bonds is 8. The Bertz CT molecular complexity index is 379. The van der Waals surface area contributed by atoms with Crippen molar-refractivity contribution in [3.05, 3.63) is 41.5 Å². The number of aryl methyl sites for hydroxylation is 2. The van der Waals surface area contributed by atoms with E-state index < -0.39 is 0 Å². The summed E-state index contributed by atoms with van der Waals surface area (Å²) in [5.74, 6) is 0. The van der Waals surface area contributed by atoms with Crippen LogP contribution in [0, 0.1) is 6.92 Å². The van der Waals surface area contributed by atoms with Crippen LogP contribution in [0.5, 0.6) is 0 Å². The van der Waals surface area contributed by atoms with Gasteiger partial charge < -0.3 is 5.32 Å². The average Bonchev–Trinajstić information content (AvgIpc) is 2.38. The summed E-state index contributed by atoms with van der Waals surface area (Å²) in [6.45, 7) is 9.66. The van der Waals surface area contributed by atoms with Crippen LogP contribution in [0.4, 0.5) is 0 Å². The number of unbranched alkanes of at least 4 members (excludes halogenated alkanes) is 2. The molecule has 1 N–H and O–H groups in total. The fraction of sp³-hybridized carbons (Fsp3) is 0.529. The zero-order chi connectivity index (χ0) is 13.4. The summed E-state index contributed by atoms with van der Waals surface area (Å²) in [6.07, 6.45) is 6.06. The zero-order valence-corrected chi connectivity index (χ0v) is 12.2. The van der Waals surface area contributed by atoms with Crippen molar-refractivity contribution in [2.75, 3.05) is 13.6 Å². The van der Waals surface area contributed by atoms with E-state index in [4.69, 9.17) is 0 Å². The fourth-order valence-electron chi connectivity index (χ4n) is 2.26. The summed E-state index contributed by atoms with van der Waals surface area (Å²) in [4.78, 5) is 0. The van der Waals surface area contributed by atoms with Gasteiger partial charge in [0.25, 0.3) is 0 Å². The van der Waals surface area contributed by atoms with Crippen molar-refractivity contribution in [3.63, 3.8) is 0 Å². The molecule has 0 saturated carbocycles. The van der Waals surface area contributed by atoms with Crippen LogP contribution in [-0.4, -0.2) is 13.6 Å². The van der Waals surface area contributed by atoms with E-state index in [0.29, 0.717) is 0 Å². The summed E-state index contributed by atoms with van der Waals surface area (Å²) < 4.78 is 0. The molecule has 0 aliphatic heterocycles. The molecule has 1 heteroatoms. The van der Waals surface area contributed by atoms with Crippen molar-refractivity contribution in [1.29, 1.82) is 0 Å². The second-order valence-corrected chi connectivity index (χ2v) is 5.03. The molecule has 18 heavy (non-hydrogen) atoms. The molecule has 0 aliphatic rings. The third-order valence-corrected chi connectivity index (χ3v) is 3.44. The molecule has 1 aromatic rings. The molecule has 0 amide bonds. The predicted octanol–water partition coefficient (Wildman–Crippen LogP) is 4.35. The van der Waals surface area contributed by atoms with E-state index in [0.717, 1.165) is 13.0 Å². The number of benzene rings is 1. The second-order valence-electron chi connectivity index (χ2n) is 5.03. The minimum Gasteiger partial charge on any atom is -0.320 e. The highest BCUT2D eigenvalue weighted by atomic mass is 14.8. The molecule has 0 atom stereocenters. The molecule has 0 spiro atoms. The molecular weight excluding hydrogens is 218 g/mol. The Morgan fingerprint density at radius 1 is 1.22 bits per heavy atom. The maximum absolute atomic E-state index is 4.18. The quantitative estimate of drug-likeness (QED) is 0.671. The van der Waals surface area contributed by atoms with Gasteiger partial charge in [-0.05, 0) is 62.9 Å². The topological polar surface area (TPSA) is 12.0 Å². The van der Waals surface area contributed by atoms with Crippen LogP contribution in [0.3, 0.4) is 0 Å². The molecule has 0 bridgehead atoms. The Labute approximate surface area is 112 Å². The molecule has 100 valence electrons. The smallest absolute Gasteiger partial charge is 0.00519 e. The number of nitrogens with one attached hydrogen (secondary N) is 1. The molecule has 0 aliphatic carbocycles. The van der Waals surface area contributed by atoms with Crippen molar-refractivity contribution in [3.8, 4) is 0 Å². The van der Waals surface area contributed by atoms with Crippen LogP contribution in [0.2, 0.25) is 0 Å². The van der Waals surface area contributed by atoms with Crippen LogP contribution in [0.1, 0.15) is 49.3 Å². The molecule has 1 aromatic carbocycles. The first-order chi connectivity index (χ1) is 8.69. The first-order valence-corrected chi connectivity index (χ1v) is 7.11. The predicted molar refractivity (Wildman–Crippen MR) is 82.0 cm³/mol. The van der Waals surface area contributed by atoms with E-state index in [9.17, 15) is 0 Å². The summed E-state index contributed by atoms with van der Waals surface area (Å²) in [5.41, 5.74) is 5.47. The van der Waals surface area contributed by atoms with Crippen molar-refractivity contribution in [2.24, 2.45) is 0 Å². The van der Waals surface area contributed by atoms with E-state index in [1.165, 1.54) is 47.9 Å². The van der Waals surface area contributed by atoms with Gasteiger partial charge in [-0.3, -0.25) is 0 Å².